The highest BCUT2D eigenvalue weighted by molar-refractivity contribution is 9.09. The van der Waals surface area contributed by atoms with Crippen molar-refractivity contribution < 1.29 is 9.53 Å². The van der Waals surface area contributed by atoms with Crippen LogP contribution in [0.15, 0.2) is 0 Å². The number of rotatable bonds is 3. The summed E-state index contributed by atoms with van der Waals surface area (Å²) in [4.78, 5) is 14.4. The second-order valence-electron chi connectivity index (χ2n) is 6.48. The molecule has 0 spiro atoms. The van der Waals surface area contributed by atoms with Gasteiger partial charge in [-0.05, 0) is 18.3 Å². The quantitative estimate of drug-likeness (QED) is 0.748. The summed E-state index contributed by atoms with van der Waals surface area (Å²) in [7, 11) is 0. The third-order valence-electron chi connectivity index (χ3n) is 3.96. The molecule has 0 radical (unpaired) electrons. The lowest BCUT2D eigenvalue weighted by molar-refractivity contribution is -0.144. The summed E-state index contributed by atoms with van der Waals surface area (Å²) in [6.07, 6.45) is 0.762. The van der Waals surface area contributed by atoms with Gasteiger partial charge in [-0.25, -0.2) is 0 Å². The smallest absolute Gasteiger partial charge is 0.223 e. The first-order valence-electron chi connectivity index (χ1n) is 6.72. The molecule has 1 aliphatic heterocycles. The number of nitrogens with zero attached hydrogens (tertiary/aromatic N) is 1. The second kappa shape index (κ2) is 6.38. The van der Waals surface area contributed by atoms with Gasteiger partial charge in [0.2, 0.25) is 5.91 Å². The molecule has 0 bridgehead atoms. The van der Waals surface area contributed by atoms with Crippen LogP contribution in [0.5, 0.6) is 0 Å². The fraction of sp³-hybridized carbons (Fsp3) is 0.929. The normalized spacial score (nSPS) is 27.1. The number of ether oxygens (including phenoxy) is 1. The molecule has 3 unspecified atom stereocenters. The van der Waals surface area contributed by atoms with Crippen molar-refractivity contribution >= 4 is 21.8 Å². The minimum atomic E-state index is 0.134. The number of halogens is 1. The third-order valence-corrected chi connectivity index (χ3v) is 4.68. The molecule has 0 aromatic carbocycles. The maximum atomic E-state index is 12.4. The van der Waals surface area contributed by atoms with Crippen LogP contribution in [0.4, 0.5) is 0 Å². The molecule has 3 nitrogen and oxygen atoms in total. The molecule has 1 rings (SSSR count). The largest absolute Gasteiger partial charge is 0.373 e. The van der Waals surface area contributed by atoms with Crippen LogP contribution in [0.3, 0.4) is 0 Å². The van der Waals surface area contributed by atoms with Crippen molar-refractivity contribution in [3.05, 3.63) is 0 Å². The van der Waals surface area contributed by atoms with Gasteiger partial charge in [0, 0.05) is 18.3 Å². The Morgan fingerprint density at radius 3 is 2.61 bits per heavy atom. The molecule has 0 N–H and O–H groups in total. The van der Waals surface area contributed by atoms with Gasteiger partial charge in [0.25, 0.3) is 0 Å². The molecule has 106 valence electrons. The Morgan fingerprint density at radius 2 is 2.11 bits per heavy atom. The first-order chi connectivity index (χ1) is 8.25. The van der Waals surface area contributed by atoms with E-state index < -0.39 is 0 Å². The van der Waals surface area contributed by atoms with Gasteiger partial charge in [-0.2, -0.15) is 0 Å². The molecule has 0 aliphatic carbocycles. The monoisotopic (exact) mass is 319 g/mol. The Labute approximate surface area is 119 Å². The fourth-order valence-corrected chi connectivity index (χ4v) is 2.34. The van der Waals surface area contributed by atoms with Gasteiger partial charge in [0.1, 0.15) is 0 Å². The van der Waals surface area contributed by atoms with E-state index in [-0.39, 0.29) is 23.5 Å². The van der Waals surface area contributed by atoms with Crippen LogP contribution in [0.25, 0.3) is 0 Å². The van der Waals surface area contributed by atoms with Crippen LogP contribution < -0.4 is 0 Å². The van der Waals surface area contributed by atoms with E-state index in [4.69, 9.17) is 4.74 Å². The van der Waals surface area contributed by atoms with Crippen molar-refractivity contribution in [2.75, 3.05) is 18.5 Å². The lowest BCUT2D eigenvalue weighted by Crippen LogP contribution is -2.52. The number of alkyl halides is 1. The predicted octanol–water partition coefficient (Wildman–Crippen LogP) is 3.07. The molecule has 1 amide bonds. The van der Waals surface area contributed by atoms with E-state index in [9.17, 15) is 4.79 Å². The maximum Gasteiger partial charge on any atom is 0.223 e. The molecule has 0 aromatic heterocycles. The molecular formula is C14H26BrNO2. The summed E-state index contributed by atoms with van der Waals surface area (Å²) in [5, 5.41) is 0.790. The molecular weight excluding hydrogens is 294 g/mol. The maximum absolute atomic E-state index is 12.4. The number of carbonyl (C=O) groups is 1. The van der Waals surface area contributed by atoms with E-state index in [2.05, 4.69) is 50.5 Å². The molecule has 1 fully saturated rings. The van der Waals surface area contributed by atoms with Gasteiger partial charge in [0.15, 0.2) is 0 Å². The summed E-state index contributed by atoms with van der Waals surface area (Å²) in [6.45, 7) is 12.1. The van der Waals surface area contributed by atoms with Crippen LogP contribution in [0, 0.1) is 11.3 Å². The molecule has 0 saturated carbocycles. The number of carbonyl (C=O) groups excluding carboxylic acids is 1. The third kappa shape index (κ3) is 4.23. The average Bonchev–Trinajstić information content (AvgIpc) is 2.28. The van der Waals surface area contributed by atoms with Crippen molar-refractivity contribution in [3.8, 4) is 0 Å². The number of hydrogen-bond donors (Lipinski definition) is 0. The lowest BCUT2D eigenvalue weighted by atomic mass is 9.80. The highest BCUT2D eigenvalue weighted by Gasteiger charge is 2.31. The van der Waals surface area contributed by atoms with Crippen LogP contribution >= 0.6 is 15.9 Å². The summed E-state index contributed by atoms with van der Waals surface area (Å²) < 4.78 is 5.65. The van der Waals surface area contributed by atoms with E-state index in [0.29, 0.717) is 25.5 Å². The zero-order valence-electron chi connectivity index (χ0n) is 12.2. The van der Waals surface area contributed by atoms with E-state index in [1.807, 2.05) is 4.90 Å². The molecule has 18 heavy (non-hydrogen) atoms. The SMILES string of the molecule is CC1COC(CBr)CN1C(=O)CC(C)C(C)(C)C. The standard InChI is InChI=1S/C14H26BrNO2/c1-10(14(3,4)5)6-13(17)16-8-12(7-15)18-9-11(16)2/h10-12H,6-9H2,1-5H3. The molecule has 1 aliphatic rings. The zero-order valence-corrected chi connectivity index (χ0v) is 13.8. The summed E-state index contributed by atoms with van der Waals surface area (Å²) in [6, 6.07) is 0.194. The summed E-state index contributed by atoms with van der Waals surface area (Å²) >= 11 is 3.43. The van der Waals surface area contributed by atoms with Gasteiger partial charge in [-0.3, -0.25) is 4.79 Å². The number of hydrogen-bond acceptors (Lipinski definition) is 2. The van der Waals surface area contributed by atoms with Crippen molar-refractivity contribution in [2.24, 2.45) is 11.3 Å². The van der Waals surface area contributed by atoms with Crippen LogP contribution in [-0.2, 0) is 9.53 Å². The topological polar surface area (TPSA) is 29.5 Å². The van der Waals surface area contributed by atoms with Gasteiger partial charge in [-0.1, -0.05) is 43.6 Å². The van der Waals surface area contributed by atoms with Crippen molar-refractivity contribution in [1.82, 2.24) is 4.90 Å². The van der Waals surface area contributed by atoms with E-state index in [0.717, 1.165) is 5.33 Å². The number of amides is 1. The van der Waals surface area contributed by atoms with E-state index in [1.54, 1.807) is 0 Å². The van der Waals surface area contributed by atoms with Gasteiger partial charge in [-0.15, -0.1) is 0 Å². The average molecular weight is 320 g/mol. The minimum absolute atomic E-state index is 0.134. The van der Waals surface area contributed by atoms with Crippen molar-refractivity contribution in [1.29, 1.82) is 0 Å². The molecule has 3 atom stereocenters. The predicted molar refractivity (Wildman–Crippen MR) is 77.9 cm³/mol. The minimum Gasteiger partial charge on any atom is -0.373 e. The number of morpholine rings is 1. The van der Waals surface area contributed by atoms with Crippen molar-refractivity contribution in [2.45, 2.75) is 53.2 Å². The van der Waals surface area contributed by atoms with Crippen molar-refractivity contribution in [3.63, 3.8) is 0 Å². The fourth-order valence-electron chi connectivity index (χ4n) is 1.94. The van der Waals surface area contributed by atoms with Crippen LogP contribution in [-0.4, -0.2) is 41.4 Å². The summed E-state index contributed by atoms with van der Waals surface area (Å²) in [5.41, 5.74) is 0.181. The lowest BCUT2D eigenvalue weighted by Gasteiger charge is -2.39. The molecule has 1 heterocycles. The van der Waals surface area contributed by atoms with Crippen LogP contribution in [0.1, 0.15) is 41.0 Å². The highest BCUT2D eigenvalue weighted by Crippen LogP contribution is 2.29. The van der Waals surface area contributed by atoms with E-state index >= 15 is 0 Å². The van der Waals surface area contributed by atoms with Gasteiger partial charge >= 0.3 is 0 Å². The Bertz CT molecular complexity index is 288. The van der Waals surface area contributed by atoms with E-state index in [1.165, 1.54) is 0 Å². The molecule has 0 aromatic rings. The van der Waals surface area contributed by atoms with Gasteiger partial charge in [0.05, 0.1) is 18.8 Å². The molecule has 1 saturated heterocycles. The highest BCUT2D eigenvalue weighted by atomic mass is 79.9. The zero-order chi connectivity index (χ0) is 13.9. The summed E-state index contributed by atoms with van der Waals surface area (Å²) in [5.74, 6) is 0.654. The van der Waals surface area contributed by atoms with Gasteiger partial charge < -0.3 is 9.64 Å². The van der Waals surface area contributed by atoms with Crippen LogP contribution in [0.2, 0.25) is 0 Å². The molecule has 4 heteroatoms. The second-order valence-corrected chi connectivity index (χ2v) is 7.12. The first-order valence-corrected chi connectivity index (χ1v) is 7.85. The first kappa shape index (κ1) is 16.0. The Kier molecular flexibility index (Phi) is 5.66. The Hall–Kier alpha value is -0.0900. The Morgan fingerprint density at radius 1 is 1.50 bits per heavy atom. The Balaban J connectivity index is 2.59.